The number of hydrogen-bond donors (Lipinski definition) is 1. The number of benzene rings is 1. The standard InChI is InChI=1S/C26H21F3N4O/c1-34-23-6-2-5-18(24(23)29)15-7-10-22-19(12-15)26(31-17-8-9-20(27)21(28)13-17)33-25(32-22)16-4-3-11-30-14-16/h2-6,8-15,20-21H,7H2,1H3,(H,31,32,33). The topological polar surface area (TPSA) is 59.9 Å². The van der Waals surface area contributed by atoms with Gasteiger partial charge in [-0.25, -0.2) is 23.1 Å². The van der Waals surface area contributed by atoms with Gasteiger partial charge >= 0.3 is 0 Å². The summed E-state index contributed by atoms with van der Waals surface area (Å²) in [5.41, 5.74) is 1.58. The normalized spacial score (nSPS) is 21.1. The summed E-state index contributed by atoms with van der Waals surface area (Å²) in [6.45, 7) is 0. The molecule has 0 saturated carbocycles. The van der Waals surface area contributed by atoms with E-state index in [1.165, 1.54) is 19.3 Å². The van der Waals surface area contributed by atoms with E-state index in [1.807, 2.05) is 18.2 Å². The van der Waals surface area contributed by atoms with Crippen LogP contribution in [0.15, 0.2) is 66.7 Å². The number of nitrogens with one attached hydrogen (secondary N) is 1. The molecular formula is C26H21F3N4O. The Kier molecular flexibility index (Phi) is 5.88. The number of ether oxygens (including phenoxy) is 1. The minimum atomic E-state index is -1.75. The highest BCUT2D eigenvalue weighted by molar-refractivity contribution is 5.62. The van der Waals surface area contributed by atoms with Crippen molar-refractivity contribution < 1.29 is 17.9 Å². The first-order chi connectivity index (χ1) is 16.5. The van der Waals surface area contributed by atoms with E-state index in [1.54, 1.807) is 36.7 Å². The van der Waals surface area contributed by atoms with Crippen LogP contribution in [0.5, 0.6) is 5.75 Å². The number of fused-ring (bicyclic) bond motifs is 1. The van der Waals surface area contributed by atoms with Gasteiger partial charge in [0, 0.05) is 34.8 Å². The zero-order chi connectivity index (χ0) is 23.7. The molecule has 3 aromatic rings. The van der Waals surface area contributed by atoms with E-state index in [-0.39, 0.29) is 11.7 Å². The second-order valence-corrected chi connectivity index (χ2v) is 8.01. The van der Waals surface area contributed by atoms with E-state index >= 15 is 0 Å². The number of rotatable bonds is 5. The molecule has 0 spiro atoms. The van der Waals surface area contributed by atoms with Gasteiger partial charge in [-0.15, -0.1) is 0 Å². The van der Waals surface area contributed by atoms with Crippen molar-refractivity contribution in [2.45, 2.75) is 24.7 Å². The van der Waals surface area contributed by atoms with Crippen molar-refractivity contribution in [3.8, 4) is 17.1 Å². The smallest absolute Gasteiger partial charge is 0.168 e. The van der Waals surface area contributed by atoms with E-state index < -0.39 is 18.2 Å². The number of aromatic nitrogens is 3. The minimum Gasteiger partial charge on any atom is -0.494 e. The van der Waals surface area contributed by atoms with Crippen LogP contribution in [-0.2, 0) is 0 Å². The Bertz CT molecular complexity index is 1410. The lowest BCUT2D eigenvalue weighted by Crippen LogP contribution is -2.36. The van der Waals surface area contributed by atoms with E-state index in [0.717, 1.165) is 6.08 Å². The third-order valence-corrected chi connectivity index (χ3v) is 5.81. The number of allylic oxidation sites excluding steroid dienone is 3. The van der Waals surface area contributed by atoms with Crippen LogP contribution in [0.4, 0.5) is 19.0 Å². The molecule has 8 heteroatoms. The number of anilines is 1. The maximum Gasteiger partial charge on any atom is 0.168 e. The van der Waals surface area contributed by atoms with Crippen molar-refractivity contribution in [1.29, 1.82) is 0 Å². The highest BCUT2D eigenvalue weighted by Gasteiger charge is 2.22. The molecule has 3 atom stereocenters. The fourth-order valence-electron chi connectivity index (χ4n) is 4.06. The molecular weight excluding hydrogens is 441 g/mol. The number of alkyl halides is 2. The second-order valence-electron chi connectivity index (χ2n) is 8.01. The maximum absolute atomic E-state index is 15.0. The molecule has 34 heavy (non-hydrogen) atoms. The highest BCUT2D eigenvalue weighted by Crippen LogP contribution is 2.31. The van der Waals surface area contributed by atoms with Crippen LogP contribution < -0.4 is 20.6 Å². The van der Waals surface area contributed by atoms with Crippen molar-refractivity contribution in [1.82, 2.24) is 15.0 Å². The van der Waals surface area contributed by atoms with Crippen molar-refractivity contribution in [3.05, 3.63) is 88.6 Å². The van der Waals surface area contributed by atoms with E-state index in [0.29, 0.717) is 45.5 Å². The third kappa shape index (κ3) is 4.19. The SMILES string of the molecule is COc1cccc(C2C=c3c(NC4=CC(F)C(F)C=C4)nc(-c4cccnc4)nc3=CC2)c1F. The van der Waals surface area contributed by atoms with Crippen molar-refractivity contribution in [2.75, 3.05) is 12.4 Å². The van der Waals surface area contributed by atoms with Crippen LogP contribution in [0, 0.1) is 5.82 Å². The van der Waals surface area contributed by atoms with E-state index in [2.05, 4.69) is 20.3 Å². The molecule has 2 aliphatic rings. The Morgan fingerprint density at radius 3 is 2.71 bits per heavy atom. The Labute approximate surface area is 194 Å². The van der Waals surface area contributed by atoms with Gasteiger partial charge in [0.05, 0.1) is 12.5 Å². The number of halogens is 3. The molecule has 2 aliphatic carbocycles. The third-order valence-electron chi connectivity index (χ3n) is 5.81. The first-order valence-corrected chi connectivity index (χ1v) is 10.8. The molecule has 0 amide bonds. The summed E-state index contributed by atoms with van der Waals surface area (Å²) in [5, 5.41) is 4.42. The Hall–Kier alpha value is -3.94. The van der Waals surface area contributed by atoms with Crippen LogP contribution in [0.1, 0.15) is 17.9 Å². The summed E-state index contributed by atoms with van der Waals surface area (Å²) in [6, 6.07) is 8.66. The number of nitrogens with zero attached hydrogens (tertiary/aromatic N) is 3. The summed E-state index contributed by atoms with van der Waals surface area (Å²) in [7, 11) is 1.43. The number of pyridine rings is 1. The van der Waals surface area contributed by atoms with Gasteiger partial charge in [0.1, 0.15) is 5.82 Å². The van der Waals surface area contributed by atoms with Crippen LogP contribution >= 0.6 is 0 Å². The average molecular weight is 462 g/mol. The fourth-order valence-corrected chi connectivity index (χ4v) is 4.06. The van der Waals surface area contributed by atoms with Gasteiger partial charge in [-0.2, -0.15) is 0 Å². The molecule has 0 radical (unpaired) electrons. The largest absolute Gasteiger partial charge is 0.494 e. The fraction of sp³-hybridized carbons (Fsp3) is 0.192. The van der Waals surface area contributed by atoms with Gasteiger partial charge in [0.25, 0.3) is 0 Å². The van der Waals surface area contributed by atoms with Crippen molar-refractivity contribution in [3.63, 3.8) is 0 Å². The number of hydrogen-bond acceptors (Lipinski definition) is 5. The lowest BCUT2D eigenvalue weighted by Gasteiger charge is -2.19. The number of methoxy groups -OCH3 is 1. The predicted octanol–water partition coefficient (Wildman–Crippen LogP) is 3.98. The molecule has 5 nitrogen and oxygen atoms in total. The maximum atomic E-state index is 15.0. The predicted molar refractivity (Wildman–Crippen MR) is 124 cm³/mol. The summed E-state index contributed by atoms with van der Waals surface area (Å²) >= 11 is 0. The van der Waals surface area contributed by atoms with Gasteiger partial charge in [0.2, 0.25) is 0 Å². The molecule has 2 aromatic heterocycles. The summed E-state index contributed by atoms with van der Waals surface area (Å²) < 4.78 is 47.6. The van der Waals surface area contributed by atoms with E-state index in [4.69, 9.17) is 4.74 Å². The zero-order valence-corrected chi connectivity index (χ0v) is 18.3. The first-order valence-electron chi connectivity index (χ1n) is 10.8. The van der Waals surface area contributed by atoms with Crippen LogP contribution in [0.3, 0.4) is 0 Å². The molecule has 2 heterocycles. The van der Waals surface area contributed by atoms with Gasteiger partial charge < -0.3 is 10.1 Å². The average Bonchev–Trinajstić information content (AvgIpc) is 2.86. The lowest BCUT2D eigenvalue weighted by atomic mass is 9.91. The highest BCUT2D eigenvalue weighted by atomic mass is 19.2. The molecule has 0 aliphatic heterocycles. The molecule has 1 aromatic carbocycles. The molecule has 0 saturated heterocycles. The van der Waals surface area contributed by atoms with Crippen LogP contribution in [0.25, 0.3) is 23.5 Å². The zero-order valence-electron chi connectivity index (χ0n) is 18.3. The lowest BCUT2D eigenvalue weighted by molar-refractivity contribution is 0.244. The van der Waals surface area contributed by atoms with Crippen molar-refractivity contribution in [2.24, 2.45) is 0 Å². The van der Waals surface area contributed by atoms with E-state index in [9.17, 15) is 13.2 Å². The Morgan fingerprint density at radius 2 is 1.94 bits per heavy atom. The van der Waals surface area contributed by atoms with Gasteiger partial charge in [-0.3, -0.25) is 4.98 Å². The quantitative estimate of drug-likeness (QED) is 0.622. The van der Waals surface area contributed by atoms with Crippen molar-refractivity contribution >= 4 is 18.0 Å². The molecule has 1 N–H and O–H groups in total. The minimum absolute atomic E-state index is 0.172. The molecule has 172 valence electrons. The second kappa shape index (κ2) is 9.13. The van der Waals surface area contributed by atoms with Crippen LogP contribution in [0.2, 0.25) is 0 Å². The Balaban J connectivity index is 1.63. The molecule has 5 rings (SSSR count). The van der Waals surface area contributed by atoms with Gasteiger partial charge in [-0.1, -0.05) is 24.3 Å². The van der Waals surface area contributed by atoms with Crippen LogP contribution in [-0.4, -0.2) is 34.4 Å². The Morgan fingerprint density at radius 1 is 1.06 bits per heavy atom. The molecule has 0 bridgehead atoms. The first kappa shape index (κ1) is 21.9. The molecule has 0 fully saturated rings. The summed E-state index contributed by atoms with van der Waals surface area (Å²) in [6.07, 6.45) is 8.02. The summed E-state index contributed by atoms with van der Waals surface area (Å²) in [5.74, 6) is 0.318. The molecule has 3 unspecified atom stereocenters. The summed E-state index contributed by atoms with van der Waals surface area (Å²) in [4.78, 5) is 13.5. The van der Waals surface area contributed by atoms with Gasteiger partial charge in [0.15, 0.2) is 29.7 Å². The monoisotopic (exact) mass is 462 g/mol. The van der Waals surface area contributed by atoms with Gasteiger partial charge in [-0.05, 0) is 48.4 Å².